The Morgan fingerprint density at radius 3 is 1.00 bits per heavy atom. The Bertz CT molecular complexity index is 1280. The molecule has 0 heterocycles. The van der Waals surface area contributed by atoms with Crippen molar-refractivity contribution in [1.82, 2.24) is 0 Å². The zero-order chi connectivity index (χ0) is 35.0. The minimum Gasteiger partial charge on any atom is -0.666 e. The number of hydrogen-bond acceptors (Lipinski definition) is 0. The molecule has 2 atom stereocenters. The maximum absolute atomic E-state index is 4.80. The molecule has 2 fully saturated rings. The summed E-state index contributed by atoms with van der Waals surface area (Å²) in [6.07, 6.45) is 13.3. The first-order valence-corrected chi connectivity index (χ1v) is 20.1. The van der Waals surface area contributed by atoms with Crippen LogP contribution in [0.15, 0.2) is 121 Å². The number of benzene rings is 4. The van der Waals surface area contributed by atoms with Gasteiger partial charge in [0.25, 0.3) is 0 Å². The van der Waals surface area contributed by atoms with Crippen molar-refractivity contribution in [1.29, 1.82) is 0 Å². The monoisotopic (exact) mass is 856 g/mol. The average Bonchev–Trinajstić information content (AvgIpc) is 3.85. The predicted molar refractivity (Wildman–Crippen MR) is 221 cm³/mol. The van der Waals surface area contributed by atoms with Crippen molar-refractivity contribution in [3.05, 3.63) is 204 Å². The third kappa shape index (κ3) is 12.9. The summed E-state index contributed by atoms with van der Waals surface area (Å²) in [6, 6.07) is 43.7. The van der Waals surface area contributed by atoms with E-state index in [1.54, 1.807) is 0 Å². The van der Waals surface area contributed by atoms with Crippen LogP contribution in [0.3, 0.4) is 0 Å². The van der Waals surface area contributed by atoms with Crippen LogP contribution in [0.2, 0.25) is 0 Å². The Balaban J connectivity index is 0.000000270. The molecule has 0 aromatic heterocycles. The molecule has 2 aliphatic rings. The summed E-state index contributed by atoms with van der Waals surface area (Å²) in [5, 5.41) is 23.4. The first-order valence-electron chi connectivity index (χ1n) is 17.4. The van der Waals surface area contributed by atoms with Gasteiger partial charge in [0.15, 0.2) is 0 Å². The van der Waals surface area contributed by atoms with Gasteiger partial charge in [0, 0.05) is 11.3 Å². The molecule has 6 rings (SSSR count). The summed E-state index contributed by atoms with van der Waals surface area (Å²) in [4.78, 5) is 0. The van der Waals surface area contributed by atoms with Crippen LogP contribution in [-0.2, 0) is 37.5 Å². The zero-order valence-electron chi connectivity index (χ0n) is 30.3. The molecule has 0 N–H and O–H groups in total. The quantitative estimate of drug-likeness (QED) is 0.0614. The van der Waals surface area contributed by atoms with Gasteiger partial charge < -0.3 is 21.3 Å². The number of nitrogens with zero attached hydrogens (tertiary/aromatic N) is 4. The van der Waals surface area contributed by atoms with Crippen LogP contribution in [0.1, 0.15) is 13.8 Å². The second-order valence-corrected chi connectivity index (χ2v) is 16.4. The Morgan fingerprint density at radius 1 is 0.442 bits per heavy atom. The SMILES string of the molecule is C[N-]CC[N-]C(C)[C]1[CH][CH][CH][C]1P(c1ccccc1)c1ccccc1.C[N-]CC[N-]C(C)[C]1[CH][CH][CH][C]1P(c1ccccc1)c1ccccc1.[Fe+2].[Pd+2]. The third-order valence-electron chi connectivity index (χ3n) is 8.54. The van der Waals surface area contributed by atoms with Crippen LogP contribution in [0.4, 0.5) is 0 Å². The maximum atomic E-state index is 4.80. The molecule has 52 heavy (non-hydrogen) atoms. The van der Waals surface area contributed by atoms with Crippen LogP contribution in [0, 0.1) is 61.7 Å². The number of hydrogen-bond donors (Lipinski definition) is 0. The van der Waals surface area contributed by atoms with E-state index in [2.05, 4.69) is 184 Å². The van der Waals surface area contributed by atoms with E-state index in [0.717, 1.165) is 26.2 Å². The second-order valence-electron chi connectivity index (χ2n) is 12.0. The minimum atomic E-state index is -0.564. The van der Waals surface area contributed by atoms with Crippen LogP contribution in [0.25, 0.3) is 21.3 Å². The molecule has 0 spiro atoms. The summed E-state index contributed by atoms with van der Waals surface area (Å²) < 4.78 is 0. The Hall–Kier alpha value is -1.24. The van der Waals surface area contributed by atoms with E-state index < -0.39 is 15.8 Å². The molecule has 0 aliphatic heterocycles. The molecule has 4 nitrogen and oxygen atoms in total. The van der Waals surface area contributed by atoms with Gasteiger partial charge in [-0.1, -0.05) is 135 Å². The summed E-state index contributed by atoms with van der Waals surface area (Å²) >= 11 is 0. The fourth-order valence-corrected chi connectivity index (χ4v) is 11.1. The van der Waals surface area contributed by atoms with E-state index in [0.29, 0.717) is 0 Å². The molecule has 2 aliphatic carbocycles. The van der Waals surface area contributed by atoms with Gasteiger partial charge in [0.05, 0.1) is 0 Å². The first-order chi connectivity index (χ1) is 24.6. The second kappa shape index (κ2) is 25.0. The van der Waals surface area contributed by atoms with Crippen molar-refractivity contribution in [3.8, 4) is 0 Å². The minimum absolute atomic E-state index is 0. The van der Waals surface area contributed by atoms with E-state index in [4.69, 9.17) is 10.6 Å². The first kappa shape index (κ1) is 45.2. The molecular weight excluding hydrogens is 809 g/mol. The Kier molecular flexibility index (Phi) is 21.7. The smallest absolute Gasteiger partial charge is 0.666 e. The molecule has 2 unspecified atom stereocenters. The maximum Gasteiger partial charge on any atom is 2.00 e. The van der Waals surface area contributed by atoms with Crippen molar-refractivity contribution in [2.45, 2.75) is 25.9 Å². The largest absolute Gasteiger partial charge is 2.00 e. The molecular formula is C44H48FeN4P2Pd. The van der Waals surface area contributed by atoms with E-state index in [9.17, 15) is 0 Å². The summed E-state index contributed by atoms with van der Waals surface area (Å²) in [5.74, 6) is 2.69. The Labute approximate surface area is 342 Å². The van der Waals surface area contributed by atoms with Gasteiger partial charge in [-0.15, -0.1) is 12.1 Å². The van der Waals surface area contributed by atoms with Gasteiger partial charge in [0.2, 0.25) is 0 Å². The molecule has 4 aromatic carbocycles. The van der Waals surface area contributed by atoms with Crippen LogP contribution >= 0.6 is 15.8 Å². The molecule has 0 bridgehead atoms. The summed E-state index contributed by atoms with van der Waals surface area (Å²) in [5.41, 5.74) is 2.83. The van der Waals surface area contributed by atoms with Crippen molar-refractivity contribution in [2.75, 3.05) is 40.3 Å². The van der Waals surface area contributed by atoms with E-state index >= 15 is 0 Å². The fraction of sp³-hybridized carbons (Fsp3) is 0.227. The van der Waals surface area contributed by atoms with E-state index in [1.807, 2.05) is 14.1 Å². The van der Waals surface area contributed by atoms with Crippen LogP contribution < -0.4 is 21.2 Å². The van der Waals surface area contributed by atoms with Gasteiger partial charge >= 0.3 is 37.5 Å². The van der Waals surface area contributed by atoms with E-state index in [-0.39, 0.29) is 49.6 Å². The van der Waals surface area contributed by atoms with Crippen molar-refractivity contribution >= 4 is 37.1 Å². The van der Waals surface area contributed by atoms with Crippen LogP contribution in [0.5, 0.6) is 0 Å². The molecule has 4 aromatic rings. The van der Waals surface area contributed by atoms with Crippen molar-refractivity contribution in [3.63, 3.8) is 0 Å². The van der Waals surface area contributed by atoms with Crippen molar-refractivity contribution in [2.24, 2.45) is 0 Å². The summed E-state index contributed by atoms with van der Waals surface area (Å²) in [6.45, 7) is 7.56. The number of rotatable bonds is 16. The zero-order valence-corrected chi connectivity index (χ0v) is 34.8. The Morgan fingerprint density at radius 2 is 0.731 bits per heavy atom. The predicted octanol–water partition coefficient (Wildman–Crippen LogP) is 9.23. The summed E-state index contributed by atoms with van der Waals surface area (Å²) in [7, 11) is 2.56. The van der Waals surface area contributed by atoms with E-state index in [1.165, 1.54) is 44.4 Å². The van der Waals surface area contributed by atoms with Gasteiger partial charge in [-0.25, -0.2) is 0 Å². The molecule has 0 saturated heterocycles. The topological polar surface area (TPSA) is 56.4 Å². The number of likely N-dealkylation sites (N-methyl/N-ethyl adjacent to an activating group) is 2. The van der Waals surface area contributed by atoms with Gasteiger partial charge in [-0.05, 0) is 87.4 Å². The van der Waals surface area contributed by atoms with Gasteiger partial charge in [0.1, 0.15) is 0 Å². The van der Waals surface area contributed by atoms with Crippen LogP contribution in [-0.4, -0.2) is 52.4 Å². The molecule has 0 amide bonds. The standard InChI is InChI=1S/2C22H24N2P.Fe.Pd/c2*1-18(24-17-16-23-2)21-14-9-15-22(21)25(19-10-5-3-6-11-19)20-12-7-4-8-13-20;;/h2*3-15,18H,16-17H2,1-2H3;;/q2*-2;2*+2. The molecule has 2 saturated carbocycles. The molecule has 272 valence electrons. The molecule has 8 heteroatoms. The normalized spacial score (nSPS) is 16.6. The van der Waals surface area contributed by atoms with Gasteiger partial charge in [-0.2, -0.15) is 40.3 Å². The third-order valence-corrected chi connectivity index (χ3v) is 13.6. The average molecular weight is 857 g/mol. The fourth-order valence-electron chi connectivity index (χ4n) is 6.03. The van der Waals surface area contributed by atoms with Crippen molar-refractivity contribution < 1.29 is 37.5 Å². The molecule has 10 radical (unpaired) electrons. The van der Waals surface area contributed by atoms with Gasteiger partial charge in [-0.3, -0.25) is 0 Å².